The van der Waals surface area contributed by atoms with Crippen LogP contribution in [0.15, 0.2) is 42.5 Å². The van der Waals surface area contributed by atoms with Gasteiger partial charge >= 0.3 is 0 Å². The number of aryl methyl sites for hydroxylation is 2. The van der Waals surface area contributed by atoms with Gasteiger partial charge in [0.25, 0.3) is 0 Å². The van der Waals surface area contributed by atoms with Crippen LogP contribution in [-0.2, 0) is 4.79 Å². The summed E-state index contributed by atoms with van der Waals surface area (Å²) in [5.41, 5.74) is 3.93. The molecule has 1 fully saturated rings. The van der Waals surface area contributed by atoms with Crippen LogP contribution in [0.1, 0.15) is 29.3 Å². The summed E-state index contributed by atoms with van der Waals surface area (Å²) in [5.74, 6) is 1.23. The predicted octanol–water partition coefficient (Wildman–Crippen LogP) is 2.80. The average molecular weight is 377 g/mol. The summed E-state index contributed by atoms with van der Waals surface area (Å²) in [6.45, 7) is 3.99. The van der Waals surface area contributed by atoms with Crippen molar-refractivity contribution in [3.05, 3.63) is 59.3 Å². The number of benzene rings is 2. The summed E-state index contributed by atoms with van der Waals surface area (Å²) in [6.07, 6.45) is -0.101. The van der Waals surface area contributed by atoms with Crippen molar-refractivity contribution >= 4 is 22.8 Å². The number of nitrogens with one attached hydrogen (secondary N) is 3. The monoisotopic (exact) mass is 377 g/mol. The molecule has 2 unspecified atom stereocenters. The lowest BCUT2D eigenvalue weighted by atomic mass is 10.0. The molecule has 0 spiro atoms. The minimum Gasteiger partial charge on any atom is -0.497 e. The molecule has 2 heterocycles. The number of carbonyl (C=O) groups excluding carboxylic acids is 1. The van der Waals surface area contributed by atoms with E-state index in [9.17, 15) is 4.79 Å². The van der Waals surface area contributed by atoms with E-state index in [1.165, 1.54) is 0 Å². The van der Waals surface area contributed by atoms with Crippen molar-refractivity contribution in [1.29, 1.82) is 0 Å². The number of ether oxygens (including phenoxy) is 1. The second-order valence-corrected chi connectivity index (χ2v) is 6.99. The molecule has 1 aliphatic rings. The van der Waals surface area contributed by atoms with E-state index in [0.717, 1.165) is 33.5 Å². The van der Waals surface area contributed by atoms with Crippen LogP contribution in [0.5, 0.6) is 5.75 Å². The molecule has 4 rings (SSSR count). The molecule has 7 nitrogen and oxygen atoms in total. The zero-order valence-corrected chi connectivity index (χ0v) is 16.1. The fourth-order valence-corrected chi connectivity index (χ4v) is 3.43. The summed E-state index contributed by atoms with van der Waals surface area (Å²) in [5, 5.41) is 10.5. The molecule has 28 heavy (non-hydrogen) atoms. The van der Waals surface area contributed by atoms with E-state index >= 15 is 0 Å². The first kappa shape index (κ1) is 18.2. The molecule has 1 aliphatic heterocycles. The van der Waals surface area contributed by atoms with Crippen molar-refractivity contribution in [2.24, 2.45) is 0 Å². The van der Waals surface area contributed by atoms with Gasteiger partial charge in [-0.15, -0.1) is 0 Å². The van der Waals surface area contributed by atoms with E-state index in [2.05, 4.69) is 25.9 Å². The normalized spacial score (nSPS) is 19.3. The molecule has 0 bridgehead atoms. The zero-order chi connectivity index (χ0) is 19.7. The molecule has 7 heteroatoms. The maximum atomic E-state index is 12.2. The number of fused-ring (bicyclic) bond motifs is 1. The SMILES string of the molecule is COc1ccc(C2CC(=O)NC(Nc3nc(C)c4ccc(C)cc4n3)N2)cc1. The molecule has 3 aromatic rings. The van der Waals surface area contributed by atoms with Crippen LogP contribution in [0.3, 0.4) is 0 Å². The maximum absolute atomic E-state index is 12.2. The molecule has 2 aromatic carbocycles. The highest BCUT2D eigenvalue weighted by molar-refractivity contribution is 5.82. The first-order valence-electron chi connectivity index (χ1n) is 9.23. The molecule has 0 saturated carbocycles. The number of carbonyl (C=O) groups is 1. The Balaban J connectivity index is 1.55. The number of rotatable bonds is 4. The van der Waals surface area contributed by atoms with E-state index in [-0.39, 0.29) is 11.9 Å². The Morgan fingerprint density at radius 3 is 2.64 bits per heavy atom. The van der Waals surface area contributed by atoms with Gasteiger partial charge in [-0.2, -0.15) is 0 Å². The highest BCUT2D eigenvalue weighted by Crippen LogP contribution is 2.23. The Hall–Kier alpha value is -3.19. The van der Waals surface area contributed by atoms with Crippen molar-refractivity contribution in [3.63, 3.8) is 0 Å². The van der Waals surface area contributed by atoms with E-state index in [1.807, 2.05) is 56.3 Å². The fourth-order valence-electron chi connectivity index (χ4n) is 3.43. The number of hydrogen-bond donors (Lipinski definition) is 3. The standard InChI is InChI=1S/C21H23N5O2/c1-12-4-9-16-13(2)22-20(24-18(16)10-12)26-21-23-17(11-19(27)25-21)14-5-7-15(28-3)8-6-14/h4-10,17,21,23H,11H2,1-3H3,(H,25,27)(H,22,24,26). The smallest absolute Gasteiger partial charge is 0.226 e. The third-order valence-electron chi connectivity index (χ3n) is 4.90. The van der Waals surface area contributed by atoms with Crippen LogP contribution in [0, 0.1) is 13.8 Å². The summed E-state index contributed by atoms with van der Waals surface area (Å²) < 4.78 is 5.20. The summed E-state index contributed by atoms with van der Waals surface area (Å²) in [7, 11) is 1.63. The molecule has 1 amide bonds. The summed E-state index contributed by atoms with van der Waals surface area (Å²) in [4.78, 5) is 21.4. The number of anilines is 1. The van der Waals surface area contributed by atoms with Crippen LogP contribution in [-0.4, -0.2) is 29.3 Å². The molecule has 144 valence electrons. The summed E-state index contributed by atoms with van der Waals surface area (Å²) in [6, 6.07) is 13.7. The van der Waals surface area contributed by atoms with E-state index in [1.54, 1.807) is 7.11 Å². The van der Waals surface area contributed by atoms with Crippen LogP contribution in [0.2, 0.25) is 0 Å². The highest BCUT2D eigenvalue weighted by atomic mass is 16.5. The lowest BCUT2D eigenvalue weighted by molar-refractivity contribution is -0.124. The number of hydrogen-bond acceptors (Lipinski definition) is 6. The first-order valence-corrected chi connectivity index (χ1v) is 9.23. The van der Waals surface area contributed by atoms with Gasteiger partial charge in [0.05, 0.1) is 18.3 Å². The zero-order valence-electron chi connectivity index (χ0n) is 16.1. The Morgan fingerprint density at radius 1 is 1.11 bits per heavy atom. The Bertz CT molecular complexity index is 1020. The van der Waals surface area contributed by atoms with Gasteiger partial charge in [-0.05, 0) is 43.2 Å². The lowest BCUT2D eigenvalue weighted by Crippen LogP contribution is -2.56. The number of amides is 1. The van der Waals surface area contributed by atoms with E-state index < -0.39 is 6.29 Å². The van der Waals surface area contributed by atoms with Crippen molar-refractivity contribution in [2.75, 3.05) is 12.4 Å². The Morgan fingerprint density at radius 2 is 1.89 bits per heavy atom. The van der Waals surface area contributed by atoms with Gasteiger partial charge in [0.1, 0.15) is 5.75 Å². The van der Waals surface area contributed by atoms with Crippen LogP contribution >= 0.6 is 0 Å². The molecule has 2 atom stereocenters. The molecular formula is C21H23N5O2. The van der Waals surface area contributed by atoms with Gasteiger partial charge < -0.3 is 15.4 Å². The van der Waals surface area contributed by atoms with Gasteiger partial charge in [0, 0.05) is 17.8 Å². The van der Waals surface area contributed by atoms with Crippen molar-refractivity contribution in [3.8, 4) is 5.75 Å². The third-order valence-corrected chi connectivity index (χ3v) is 4.90. The van der Waals surface area contributed by atoms with Crippen LogP contribution < -0.4 is 20.7 Å². The van der Waals surface area contributed by atoms with Crippen molar-refractivity contribution in [1.82, 2.24) is 20.6 Å². The Labute approximate surface area is 163 Å². The fraction of sp³-hybridized carbons (Fsp3) is 0.286. The Kier molecular flexibility index (Phi) is 4.83. The van der Waals surface area contributed by atoms with Gasteiger partial charge in [-0.1, -0.05) is 24.3 Å². The summed E-state index contributed by atoms with van der Waals surface area (Å²) >= 11 is 0. The van der Waals surface area contributed by atoms with Crippen LogP contribution in [0.25, 0.3) is 10.9 Å². The molecule has 1 saturated heterocycles. The number of aromatic nitrogens is 2. The second kappa shape index (κ2) is 7.44. The van der Waals surface area contributed by atoms with Crippen LogP contribution in [0.4, 0.5) is 5.95 Å². The van der Waals surface area contributed by atoms with E-state index in [0.29, 0.717) is 12.4 Å². The minimum atomic E-state index is -0.463. The maximum Gasteiger partial charge on any atom is 0.226 e. The molecule has 3 N–H and O–H groups in total. The molecule has 0 radical (unpaired) electrons. The number of methoxy groups -OCH3 is 1. The predicted molar refractivity (Wildman–Crippen MR) is 108 cm³/mol. The molecular weight excluding hydrogens is 354 g/mol. The second-order valence-electron chi connectivity index (χ2n) is 6.99. The minimum absolute atomic E-state index is 0.0366. The van der Waals surface area contributed by atoms with Crippen molar-refractivity contribution < 1.29 is 9.53 Å². The van der Waals surface area contributed by atoms with E-state index in [4.69, 9.17) is 4.74 Å². The lowest BCUT2D eigenvalue weighted by Gasteiger charge is -2.32. The quantitative estimate of drug-likeness (QED) is 0.648. The highest BCUT2D eigenvalue weighted by Gasteiger charge is 2.27. The molecule has 0 aliphatic carbocycles. The number of nitrogens with zero attached hydrogens (tertiary/aromatic N) is 2. The largest absolute Gasteiger partial charge is 0.497 e. The first-order chi connectivity index (χ1) is 13.5. The van der Waals surface area contributed by atoms with Gasteiger partial charge in [0.15, 0.2) is 6.29 Å². The van der Waals surface area contributed by atoms with Gasteiger partial charge in [-0.25, -0.2) is 9.97 Å². The average Bonchev–Trinajstić information content (AvgIpc) is 2.67. The van der Waals surface area contributed by atoms with Crippen molar-refractivity contribution in [2.45, 2.75) is 32.6 Å². The third kappa shape index (κ3) is 3.75. The topological polar surface area (TPSA) is 88.2 Å². The van der Waals surface area contributed by atoms with Gasteiger partial charge in [-0.3, -0.25) is 10.1 Å². The van der Waals surface area contributed by atoms with Gasteiger partial charge in [0.2, 0.25) is 11.9 Å². The molecule has 1 aromatic heterocycles.